The van der Waals surface area contributed by atoms with Gasteiger partial charge in [0, 0.05) is 189 Å². The fraction of sp³-hybridized carbons (Fsp3) is 0.333. The van der Waals surface area contributed by atoms with Crippen LogP contribution in [0.4, 0.5) is 40.8 Å². The molecule has 125 heavy (non-hydrogen) atoms. The molecule has 0 radical (unpaired) electrons. The van der Waals surface area contributed by atoms with Gasteiger partial charge in [0.15, 0.2) is 46.3 Å². The first-order valence-electron chi connectivity index (χ1n) is 40.0. The van der Waals surface area contributed by atoms with Gasteiger partial charge in [-0.05, 0) is 152 Å². The predicted molar refractivity (Wildman–Crippen MR) is 478 cm³/mol. The predicted octanol–water partition coefficient (Wildman–Crippen LogP) is 19.7. The van der Waals surface area contributed by atoms with E-state index in [1.54, 1.807) is 89.3 Å². The number of nitrogen functional groups attached to an aromatic ring is 4. The number of rotatable bonds is 25. The minimum atomic E-state index is -0.668. The summed E-state index contributed by atoms with van der Waals surface area (Å²) in [6.45, 7) is 13.6. The van der Waals surface area contributed by atoms with Crippen LogP contribution < -0.4 is 47.2 Å². The Labute approximate surface area is 758 Å². The molecule has 4 unspecified atom stereocenters. The Balaban J connectivity index is 0.000000136. The van der Waals surface area contributed by atoms with Crippen molar-refractivity contribution in [2.24, 2.45) is 11.8 Å². The van der Waals surface area contributed by atoms with Crippen molar-refractivity contribution in [3.05, 3.63) is 233 Å². The summed E-state index contributed by atoms with van der Waals surface area (Å²) in [6, 6.07) is 21.1. The molecule has 38 heteroatoms. The van der Waals surface area contributed by atoms with Gasteiger partial charge in [-0.15, -0.1) is 0 Å². The van der Waals surface area contributed by atoms with Crippen LogP contribution in [0.1, 0.15) is 131 Å². The van der Waals surface area contributed by atoms with Gasteiger partial charge in [-0.2, -0.15) is 25.7 Å². The number of likely N-dealkylation sites (tertiary alicyclic amines) is 2. The highest BCUT2D eigenvalue weighted by molar-refractivity contribution is 6.38. The zero-order valence-electron chi connectivity index (χ0n) is 68.4. The third-order valence-corrected chi connectivity index (χ3v) is 24.9. The first kappa shape index (κ1) is 90.8. The second kappa shape index (κ2) is 39.6. The summed E-state index contributed by atoms with van der Waals surface area (Å²) in [5.74, 6) is 1.40. The molecular formula is C87H87Cl8F4N21O5. The number of carbonyl (C=O) groups is 1. The second-order valence-electron chi connectivity index (χ2n) is 31.5. The van der Waals surface area contributed by atoms with Gasteiger partial charge in [-0.25, -0.2) is 37.5 Å². The van der Waals surface area contributed by atoms with E-state index in [9.17, 15) is 22.4 Å². The molecule has 0 spiro atoms. The van der Waals surface area contributed by atoms with E-state index in [4.69, 9.17) is 140 Å². The maximum absolute atomic E-state index is 13.9. The average Bonchev–Trinajstić information content (AvgIpc) is 1.75. The largest absolute Gasteiger partial charge is 0.482 e. The number of nitriles is 1. The van der Waals surface area contributed by atoms with Gasteiger partial charge in [0.25, 0.3) is 0 Å². The van der Waals surface area contributed by atoms with Crippen LogP contribution in [0.3, 0.4) is 0 Å². The van der Waals surface area contributed by atoms with Gasteiger partial charge in [-0.1, -0.05) is 92.8 Å². The molecule has 2 aliphatic carbocycles. The molecule has 8 aromatic heterocycles. The third kappa shape index (κ3) is 21.3. The van der Waals surface area contributed by atoms with Crippen LogP contribution in [0.15, 0.2) is 147 Å². The zero-order valence-corrected chi connectivity index (χ0v) is 74.4. The molecule has 26 nitrogen and oxygen atoms in total. The smallest absolute Gasteiger partial charge is 0.236 e. The number of ether oxygens (including phenoxy) is 4. The van der Waals surface area contributed by atoms with E-state index in [2.05, 4.69) is 56.6 Å². The van der Waals surface area contributed by atoms with Crippen LogP contribution in [-0.2, 0) is 4.79 Å². The van der Waals surface area contributed by atoms with Crippen LogP contribution in [0, 0.1) is 46.4 Å². The number of benzene rings is 4. The molecule has 3 aliphatic heterocycles. The zero-order chi connectivity index (χ0) is 88.9. The van der Waals surface area contributed by atoms with Gasteiger partial charge in [0.05, 0.1) is 81.7 Å². The summed E-state index contributed by atoms with van der Waals surface area (Å²) >= 11 is 49.2. The molecule has 11 heterocycles. The molecule has 9 N–H and O–H groups in total. The lowest BCUT2D eigenvalue weighted by Gasteiger charge is -2.39. The number of hydrogen-bond acceptors (Lipinski definition) is 21. The average molecular weight is 1870 g/mol. The molecule has 2 saturated carbocycles. The Morgan fingerprint density at radius 1 is 0.456 bits per heavy atom. The Morgan fingerprint density at radius 3 is 1.05 bits per heavy atom. The van der Waals surface area contributed by atoms with Gasteiger partial charge in [0.2, 0.25) is 5.91 Å². The highest BCUT2D eigenvalue weighted by Crippen LogP contribution is 2.45. The monoisotopic (exact) mass is 1860 g/mol. The van der Waals surface area contributed by atoms with Gasteiger partial charge >= 0.3 is 0 Å². The lowest BCUT2D eigenvalue weighted by Crippen LogP contribution is -2.53. The number of nitrogens with zero attached hydrogens (tertiary/aromatic N) is 16. The highest BCUT2D eigenvalue weighted by atomic mass is 35.5. The van der Waals surface area contributed by atoms with Crippen LogP contribution >= 0.6 is 92.8 Å². The summed E-state index contributed by atoms with van der Waals surface area (Å²) in [5.41, 5.74) is 32.2. The molecule has 654 valence electrons. The van der Waals surface area contributed by atoms with Crippen molar-refractivity contribution in [1.29, 1.82) is 5.26 Å². The van der Waals surface area contributed by atoms with Crippen LogP contribution in [0.2, 0.25) is 40.2 Å². The minimum absolute atomic E-state index is 0.0646. The van der Waals surface area contributed by atoms with Crippen molar-refractivity contribution in [2.45, 2.75) is 108 Å². The number of anilines is 4. The fourth-order valence-electron chi connectivity index (χ4n) is 14.6. The number of carbonyl (C=O) groups excluding carboxylic acids is 1. The van der Waals surface area contributed by atoms with E-state index in [1.807, 2.05) is 79.7 Å². The maximum atomic E-state index is 13.9. The third-order valence-electron chi connectivity index (χ3n) is 22.1. The standard InChI is InChI=1S/C23H25Cl2FN6O2.C23H24Cl2FN5O.C22H20Cl2FN5O.C19H18Cl2FN5O/c1-13(21-17(24)4-5-18(26)22(21)25)34-19-6-14(7-28-23(19)27)15-8-29-32(9-15)16-10-31(11-16)20(33)12-30(2)3;1-13(21-18(24)4-5-19(26)22(21)25)32-20-6-15(7-28-23(20)27)16-8-29-31(10-16)17-11-30(12-17)9-14-2-3-14;1-12(20-17(23)2-3-18(25)21(20)24)31-19-8-14(9-28-22(19)27)15-10-29-30(11-15)16-6-13(7-16)4-5-26;1-10(17-14(20)2-3-15(22)18(17)21)28-16-4-11(5-25-19(16)23)12-6-26-27(9-12)13-7-24-8-13/h4-9,13,16H,10-12H2,1-3H3,(H2,27,28);4-8,10,13-14,17H,2-3,9,11-12H2,1H3,(H2,27,28);2-3,8-13,16H,4,6-7H2,1H3,(H2,27,28);2-6,9-10,13,24H,7-8H2,1H3,(H2,23,25). The van der Waals surface area contributed by atoms with Crippen LogP contribution in [-0.4, -0.2) is 146 Å². The van der Waals surface area contributed by atoms with Crippen molar-refractivity contribution in [3.63, 3.8) is 0 Å². The summed E-state index contributed by atoms with van der Waals surface area (Å²) in [7, 11) is 3.74. The minimum Gasteiger partial charge on any atom is -0.482 e. The maximum Gasteiger partial charge on any atom is 0.236 e. The molecule has 0 bridgehead atoms. The normalized spacial score (nSPS) is 16.7. The van der Waals surface area contributed by atoms with E-state index in [0.717, 1.165) is 89.4 Å². The second-order valence-corrected chi connectivity index (χ2v) is 34.6. The molecular weight excluding hydrogens is 1780 g/mol. The number of halogens is 12. The number of likely N-dealkylation sites (N-methyl/N-ethyl adjacent to an activating group) is 1. The van der Waals surface area contributed by atoms with E-state index >= 15 is 0 Å². The van der Waals surface area contributed by atoms with E-state index in [1.165, 1.54) is 67.9 Å². The summed E-state index contributed by atoms with van der Waals surface area (Å²) in [5, 5.41) is 30.8. The van der Waals surface area contributed by atoms with Crippen molar-refractivity contribution in [1.82, 2.24) is 79.1 Å². The van der Waals surface area contributed by atoms with Crippen LogP contribution in [0.5, 0.6) is 23.0 Å². The van der Waals surface area contributed by atoms with E-state index in [0.29, 0.717) is 115 Å². The highest BCUT2D eigenvalue weighted by Gasteiger charge is 2.36. The first-order valence-corrected chi connectivity index (χ1v) is 43.0. The van der Waals surface area contributed by atoms with Gasteiger partial charge in [-0.3, -0.25) is 28.4 Å². The van der Waals surface area contributed by atoms with E-state index < -0.39 is 47.7 Å². The van der Waals surface area contributed by atoms with Gasteiger partial charge in [0.1, 0.15) is 47.7 Å². The lowest BCUT2D eigenvalue weighted by molar-refractivity contribution is -0.137. The van der Waals surface area contributed by atoms with Crippen molar-refractivity contribution in [3.8, 4) is 73.6 Å². The Bertz CT molecular complexity index is 5950. The Kier molecular flexibility index (Phi) is 28.8. The van der Waals surface area contributed by atoms with Crippen molar-refractivity contribution < 1.29 is 41.3 Å². The number of nitrogens with two attached hydrogens (primary N) is 4. The van der Waals surface area contributed by atoms with E-state index in [-0.39, 0.29) is 55.3 Å². The SMILES string of the molecule is CC(Oc1cc(-c2cnn(C3CC(CC#N)C3)c2)cnc1N)c1c(Cl)ccc(F)c1Cl.CC(Oc1cc(-c2cnn(C3CN(C(=O)CN(C)C)C3)c2)cnc1N)c1c(Cl)ccc(F)c1Cl.CC(Oc1cc(-c2cnn(C3CN(CC4CC4)C3)c2)cnc1N)c1c(Cl)ccc(F)c1Cl.CC(Oc1cc(-c2cnn(C3CNC3)c2)cnc1N)c1c(Cl)ccc(F)c1Cl. The Hall–Kier alpha value is -10.4. The van der Waals surface area contributed by atoms with Crippen LogP contribution in [0.25, 0.3) is 44.5 Å². The molecule has 5 aliphatic rings. The molecule has 5 fully saturated rings. The molecule has 17 rings (SSSR count). The first-order chi connectivity index (χ1) is 59.8. The molecule has 12 aromatic rings. The number of aromatic nitrogens is 12. The fourth-order valence-corrected chi connectivity index (χ4v) is 17.3. The summed E-state index contributed by atoms with van der Waals surface area (Å²) in [4.78, 5) is 35.3. The number of amides is 1. The molecule has 4 atom stereocenters. The summed E-state index contributed by atoms with van der Waals surface area (Å²) < 4.78 is 87.1. The quantitative estimate of drug-likeness (QED) is 0.0262. The lowest BCUT2D eigenvalue weighted by atomic mass is 9.79. The molecule has 3 saturated heterocycles. The molecule has 4 aromatic carbocycles. The molecule has 1 amide bonds. The number of pyridine rings is 4. The van der Waals surface area contributed by atoms with Gasteiger partial charge < -0.3 is 57.0 Å². The topological polar surface area (TPSA) is 326 Å². The van der Waals surface area contributed by atoms with Crippen molar-refractivity contribution in [2.75, 3.05) is 89.4 Å². The Morgan fingerprint density at radius 2 is 0.760 bits per heavy atom. The summed E-state index contributed by atoms with van der Waals surface area (Å²) in [6.07, 6.45) is 24.2. The number of hydrogen-bond donors (Lipinski definition) is 5. The van der Waals surface area contributed by atoms with Crippen molar-refractivity contribution >= 4 is 122 Å². The number of nitrogens with one attached hydrogen (secondary N) is 1.